The molecule has 0 saturated heterocycles. The fourth-order valence-corrected chi connectivity index (χ4v) is 3.12. The molecule has 0 atom stereocenters. The molecule has 0 fully saturated rings. The van der Waals surface area contributed by atoms with Crippen LogP contribution in [0.25, 0.3) is 0 Å². The van der Waals surface area contributed by atoms with Gasteiger partial charge in [-0.25, -0.2) is 9.88 Å². The third-order valence-corrected chi connectivity index (χ3v) is 4.64. The van der Waals surface area contributed by atoms with E-state index in [4.69, 9.17) is 34.8 Å². The number of amides is 2. The maximum absolute atomic E-state index is 12.3. The van der Waals surface area contributed by atoms with Gasteiger partial charge in [0.05, 0.1) is 26.2 Å². The van der Waals surface area contributed by atoms with Crippen LogP contribution in [-0.2, 0) is 0 Å². The van der Waals surface area contributed by atoms with E-state index >= 15 is 0 Å². The van der Waals surface area contributed by atoms with E-state index in [0.717, 1.165) is 4.90 Å². The molecule has 8 heteroatoms. The summed E-state index contributed by atoms with van der Waals surface area (Å²) in [5.74, 6) is -1.05. The van der Waals surface area contributed by atoms with Crippen LogP contribution < -0.4 is 4.90 Å². The SMILES string of the molecule is O=C1c2cc(Cl)c(Cl)c(Cl)c2C(=O)N1c1nccs1. The molecule has 2 heterocycles. The van der Waals surface area contributed by atoms with Crippen molar-refractivity contribution in [2.75, 3.05) is 4.90 Å². The summed E-state index contributed by atoms with van der Waals surface area (Å²) >= 11 is 18.9. The zero-order valence-corrected chi connectivity index (χ0v) is 12.1. The second-order valence-corrected chi connectivity index (χ2v) is 5.71. The molecule has 2 aromatic rings. The Bertz CT molecular complexity index is 715. The molecular formula is C11H3Cl3N2O2S. The molecule has 0 saturated carbocycles. The molecule has 1 aliphatic heterocycles. The fourth-order valence-electron chi connectivity index (χ4n) is 1.80. The first kappa shape index (κ1) is 12.9. The molecule has 96 valence electrons. The smallest absolute Gasteiger partial charge is 0.268 e. The van der Waals surface area contributed by atoms with Gasteiger partial charge in [-0.05, 0) is 6.07 Å². The van der Waals surface area contributed by atoms with Crippen LogP contribution in [0.15, 0.2) is 17.6 Å². The van der Waals surface area contributed by atoms with Crippen molar-refractivity contribution in [1.82, 2.24) is 4.98 Å². The van der Waals surface area contributed by atoms with Gasteiger partial charge < -0.3 is 0 Å². The van der Waals surface area contributed by atoms with Crippen LogP contribution >= 0.6 is 46.1 Å². The number of aromatic nitrogens is 1. The van der Waals surface area contributed by atoms with Gasteiger partial charge >= 0.3 is 0 Å². The molecule has 0 spiro atoms. The molecule has 2 amide bonds. The monoisotopic (exact) mass is 332 g/mol. The Morgan fingerprint density at radius 1 is 1.11 bits per heavy atom. The van der Waals surface area contributed by atoms with E-state index in [-0.39, 0.29) is 31.3 Å². The third-order valence-electron chi connectivity index (χ3n) is 2.62. The van der Waals surface area contributed by atoms with E-state index in [9.17, 15) is 9.59 Å². The van der Waals surface area contributed by atoms with Crippen LogP contribution in [0.3, 0.4) is 0 Å². The number of thiazole rings is 1. The largest absolute Gasteiger partial charge is 0.269 e. The van der Waals surface area contributed by atoms with Gasteiger partial charge in [0.25, 0.3) is 11.8 Å². The number of carbonyl (C=O) groups is 2. The molecule has 4 nitrogen and oxygen atoms in total. The lowest BCUT2D eigenvalue weighted by Crippen LogP contribution is -2.29. The second-order valence-electron chi connectivity index (χ2n) is 3.67. The summed E-state index contributed by atoms with van der Waals surface area (Å²) in [5.41, 5.74) is 0.205. The quantitative estimate of drug-likeness (QED) is 0.587. The van der Waals surface area contributed by atoms with Crippen LogP contribution in [-0.4, -0.2) is 16.8 Å². The van der Waals surface area contributed by atoms with Crippen LogP contribution in [0.1, 0.15) is 20.7 Å². The topological polar surface area (TPSA) is 50.3 Å². The molecule has 0 aliphatic carbocycles. The molecule has 0 unspecified atom stereocenters. The van der Waals surface area contributed by atoms with E-state index in [1.54, 1.807) is 5.38 Å². The molecular weight excluding hydrogens is 331 g/mol. The van der Waals surface area contributed by atoms with Gasteiger partial charge in [-0.3, -0.25) is 9.59 Å². The number of hydrogen-bond donors (Lipinski definition) is 0. The minimum atomic E-state index is -0.543. The average Bonchev–Trinajstić information content (AvgIpc) is 2.95. The average molecular weight is 334 g/mol. The Hall–Kier alpha value is -1.14. The van der Waals surface area contributed by atoms with Crippen molar-refractivity contribution >= 4 is 63.1 Å². The van der Waals surface area contributed by atoms with Gasteiger partial charge in [-0.15, -0.1) is 11.3 Å². The zero-order chi connectivity index (χ0) is 13.7. The minimum Gasteiger partial charge on any atom is -0.268 e. The summed E-state index contributed by atoms with van der Waals surface area (Å²) < 4.78 is 0. The van der Waals surface area contributed by atoms with Crippen molar-refractivity contribution in [3.05, 3.63) is 43.8 Å². The Morgan fingerprint density at radius 3 is 2.47 bits per heavy atom. The number of carbonyl (C=O) groups excluding carboxylic acids is 2. The van der Waals surface area contributed by atoms with Gasteiger partial charge in [0.15, 0.2) is 5.13 Å². The first-order chi connectivity index (χ1) is 9.02. The molecule has 1 aromatic carbocycles. The van der Waals surface area contributed by atoms with Crippen molar-refractivity contribution in [3.8, 4) is 0 Å². The minimum absolute atomic E-state index is 0.0124. The van der Waals surface area contributed by atoms with Crippen molar-refractivity contribution in [2.24, 2.45) is 0 Å². The van der Waals surface area contributed by atoms with E-state index < -0.39 is 11.8 Å². The fraction of sp³-hybridized carbons (Fsp3) is 0. The molecule has 19 heavy (non-hydrogen) atoms. The number of hydrogen-bond acceptors (Lipinski definition) is 4. The number of benzene rings is 1. The third kappa shape index (κ3) is 1.77. The van der Waals surface area contributed by atoms with Crippen LogP contribution in [0.5, 0.6) is 0 Å². The summed E-state index contributed by atoms with van der Waals surface area (Å²) in [5, 5.41) is 2.13. The van der Waals surface area contributed by atoms with Crippen molar-refractivity contribution < 1.29 is 9.59 Å². The number of nitrogens with zero attached hydrogens (tertiary/aromatic N) is 2. The van der Waals surface area contributed by atoms with Crippen molar-refractivity contribution in [3.63, 3.8) is 0 Å². The lowest BCUT2D eigenvalue weighted by Gasteiger charge is -2.08. The highest BCUT2D eigenvalue weighted by atomic mass is 35.5. The van der Waals surface area contributed by atoms with E-state index in [1.807, 2.05) is 0 Å². The number of imide groups is 1. The van der Waals surface area contributed by atoms with Crippen molar-refractivity contribution in [1.29, 1.82) is 0 Å². The van der Waals surface area contributed by atoms with Crippen molar-refractivity contribution in [2.45, 2.75) is 0 Å². The van der Waals surface area contributed by atoms with Crippen LogP contribution in [0, 0.1) is 0 Å². The van der Waals surface area contributed by atoms with Crippen LogP contribution in [0.2, 0.25) is 15.1 Å². The highest BCUT2D eigenvalue weighted by Crippen LogP contribution is 2.40. The molecule has 1 aliphatic rings. The van der Waals surface area contributed by atoms with E-state index in [0.29, 0.717) is 0 Å². The van der Waals surface area contributed by atoms with Gasteiger partial charge in [-0.1, -0.05) is 34.8 Å². The number of anilines is 1. The number of halogens is 3. The molecule has 0 N–H and O–H groups in total. The molecule has 1 aromatic heterocycles. The van der Waals surface area contributed by atoms with E-state index in [2.05, 4.69) is 4.98 Å². The molecule has 0 bridgehead atoms. The van der Waals surface area contributed by atoms with Gasteiger partial charge in [0, 0.05) is 11.6 Å². The predicted molar refractivity (Wildman–Crippen MR) is 74.7 cm³/mol. The zero-order valence-electron chi connectivity index (χ0n) is 8.99. The standard InChI is InChI=1S/C11H3Cl3N2O2S/c12-5-3-4-6(8(14)7(5)13)10(18)16(9(4)17)11-15-1-2-19-11/h1-3H. The molecule has 3 rings (SSSR count). The Labute approximate surface area is 126 Å². The maximum atomic E-state index is 12.3. The van der Waals surface area contributed by atoms with E-state index in [1.165, 1.54) is 23.6 Å². The predicted octanol–water partition coefficient (Wildman–Crippen LogP) is 3.90. The second kappa shape index (κ2) is 4.45. The van der Waals surface area contributed by atoms with Gasteiger partial charge in [0.2, 0.25) is 0 Å². The lowest BCUT2D eigenvalue weighted by molar-refractivity contribution is 0.0926. The van der Waals surface area contributed by atoms with Crippen LogP contribution in [0.4, 0.5) is 5.13 Å². The summed E-state index contributed by atoms with van der Waals surface area (Å²) in [6, 6.07) is 1.35. The molecule has 0 radical (unpaired) electrons. The summed E-state index contributed by atoms with van der Waals surface area (Å²) in [4.78, 5) is 29.4. The summed E-state index contributed by atoms with van der Waals surface area (Å²) in [7, 11) is 0. The highest BCUT2D eigenvalue weighted by Gasteiger charge is 2.41. The van der Waals surface area contributed by atoms with Gasteiger partial charge in [-0.2, -0.15) is 0 Å². The van der Waals surface area contributed by atoms with Gasteiger partial charge in [0.1, 0.15) is 0 Å². The first-order valence-electron chi connectivity index (χ1n) is 4.98. The Morgan fingerprint density at radius 2 is 1.84 bits per heavy atom. The Kier molecular flexibility index (Phi) is 3.02. The lowest BCUT2D eigenvalue weighted by atomic mass is 10.1. The highest BCUT2D eigenvalue weighted by molar-refractivity contribution is 7.14. The summed E-state index contributed by atoms with van der Waals surface area (Å²) in [6.07, 6.45) is 1.51. The first-order valence-corrected chi connectivity index (χ1v) is 6.99. The number of rotatable bonds is 1. The Balaban J connectivity index is 2.23. The maximum Gasteiger partial charge on any atom is 0.269 e. The normalized spacial score (nSPS) is 14.2. The summed E-state index contributed by atoms with van der Waals surface area (Å²) in [6.45, 7) is 0. The number of fused-ring (bicyclic) bond motifs is 1.